The normalized spacial score (nSPS) is 9.11. The highest BCUT2D eigenvalue weighted by molar-refractivity contribution is 8.93. The third-order valence-corrected chi connectivity index (χ3v) is 1.78. The van der Waals surface area contributed by atoms with Crippen molar-refractivity contribution < 1.29 is 0 Å². The van der Waals surface area contributed by atoms with E-state index in [1.165, 1.54) is 23.8 Å². The quantitative estimate of drug-likeness (QED) is 0.488. The van der Waals surface area contributed by atoms with E-state index in [0.29, 0.717) is 0 Å². The van der Waals surface area contributed by atoms with Crippen molar-refractivity contribution in [3.63, 3.8) is 0 Å². The summed E-state index contributed by atoms with van der Waals surface area (Å²) in [5.41, 5.74) is 0. The molecule has 0 saturated carbocycles. The molecule has 1 radical (unpaired) electrons. The van der Waals surface area contributed by atoms with Crippen molar-refractivity contribution >= 4 is 38.7 Å². The fourth-order valence-electron chi connectivity index (χ4n) is 0.729. The zero-order valence-corrected chi connectivity index (χ0v) is 9.65. The molecule has 0 unspecified atom stereocenters. The van der Waals surface area contributed by atoms with Crippen LogP contribution >= 0.6 is 17.0 Å². The molecule has 0 nitrogen and oxygen atoms in total. The maximum absolute atomic E-state index is 2.29. The minimum absolute atomic E-state index is 0. The van der Waals surface area contributed by atoms with E-state index in [0.717, 1.165) is 5.92 Å². The highest BCUT2D eigenvalue weighted by Crippen LogP contribution is 2.06. The maximum Gasteiger partial charge on any atom is 0.222 e. The van der Waals surface area contributed by atoms with Crippen molar-refractivity contribution in [2.45, 2.75) is 37.7 Å². The van der Waals surface area contributed by atoms with Crippen molar-refractivity contribution in [1.82, 2.24) is 0 Å². The third kappa shape index (κ3) is 12.4. The van der Waals surface area contributed by atoms with Gasteiger partial charge in [-0.05, 0) is 5.92 Å². The van der Waals surface area contributed by atoms with E-state index in [4.69, 9.17) is 0 Å². The van der Waals surface area contributed by atoms with Crippen LogP contribution in [-0.4, -0.2) is 21.7 Å². The van der Waals surface area contributed by atoms with Gasteiger partial charge in [0.05, 0.1) is 0 Å². The van der Waals surface area contributed by atoms with Crippen LogP contribution in [0.25, 0.3) is 0 Å². The van der Waals surface area contributed by atoms with Gasteiger partial charge in [0.2, 0.25) is 21.7 Å². The zero-order chi connectivity index (χ0) is 6.41. The molecule has 0 bridgehead atoms. The molecule has 0 fully saturated rings. The van der Waals surface area contributed by atoms with Crippen molar-refractivity contribution in [3.05, 3.63) is 0 Å². The molecule has 0 aliphatic carbocycles. The lowest BCUT2D eigenvalue weighted by Gasteiger charge is -2.01. The van der Waals surface area contributed by atoms with Gasteiger partial charge in [0, 0.05) is 0 Å². The van der Waals surface area contributed by atoms with Gasteiger partial charge in [0.15, 0.2) is 0 Å². The van der Waals surface area contributed by atoms with Crippen molar-refractivity contribution in [2.24, 2.45) is 5.92 Å². The number of halogens is 1. The Balaban J connectivity index is 0. The summed E-state index contributed by atoms with van der Waals surface area (Å²) in [7, 11) is 0. The molecule has 0 aromatic carbocycles. The van der Waals surface area contributed by atoms with E-state index in [9.17, 15) is 0 Å². The topological polar surface area (TPSA) is 0 Å². The summed E-state index contributed by atoms with van der Waals surface area (Å²) in [4.78, 5) is 0. The zero-order valence-electron chi connectivity index (χ0n) is 6.52. The number of hydrogen-bond donors (Lipinski definition) is 0. The molecule has 0 aliphatic heterocycles. The second-order valence-corrected chi connectivity index (χ2v) is 3.45. The summed E-state index contributed by atoms with van der Waals surface area (Å²) < 4.78 is 1.38. The highest BCUT2D eigenvalue weighted by Gasteiger charge is 1.90. The van der Waals surface area contributed by atoms with Gasteiger partial charge in [0.1, 0.15) is 0 Å². The van der Waals surface area contributed by atoms with Crippen LogP contribution in [0.2, 0.25) is 4.55 Å². The molecule has 0 atom stereocenters. The molecule has 0 N–H and O–H groups in total. The van der Waals surface area contributed by atoms with Crippen molar-refractivity contribution in [3.8, 4) is 0 Å². The van der Waals surface area contributed by atoms with Crippen LogP contribution in [0.5, 0.6) is 0 Å². The fraction of sp³-hybridized carbons (Fsp3) is 1.00. The number of rotatable bonds is 4. The molecule has 0 spiro atoms. The summed E-state index contributed by atoms with van der Waals surface area (Å²) >= 11 is 2.08. The molecule has 0 aromatic heterocycles. The SMILES string of the molecule is Br.CC(C)CCC[CH2][Mg]. The number of hydrogen-bond acceptors (Lipinski definition) is 0. The predicted molar refractivity (Wildman–Crippen MR) is 49.6 cm³/mol. The Hall–Kier alpha value is 1.25. The Morgan fingerprint density at radius 3 is 2.11 bits per heavy atom. The maximum atomic E-state index is 2.29. The van der Waals surface area contributed by atoms with Gasteiger partial charge in [-0.15, -0.1) is 17.0 Å². The molecule has 0 aliphatic rings. The van der Waals surface area contributed by atoms with Crippen LogP contribution in [0, 0.1) is 5.92 Å². The first-order valence-corrected chi connectivity index (χ1v) is 4.56. The molecule has 0 aromatic rings. The van der Waals surface area contributed by atoms with Gasteiger partial charge in [-0.1, -0.05) is 33.1 Å². The van der Waals surface area contributed by atoms with E-state index in [1.807, 2.05) is 0 Å². The lowest BCUT2D eigenvalue weighted by Crippen LogP contribution is -1.85. The Labute approximate surface area is 82.0 Å². The smallest absolute Gasteiger partial charge is 0.177 e. The van der Waals surface area contributed by atoms with E-state index >= 15 is 0 Å². The van der Waals surface area contributed by atoms with E-state index in [1.54, 1.807) is 0 Å². The Morgan fingerprint density at radius 1 is 1.22 bits per heavy atom. The summed E-state index contributed by atoms with van der Waals surface area (Å²) in [5, 5.41) is 0. The van der Waals surface area contributed by atoms with Gasteiger partial charge in [-0.3, -0.25) is 0 Å². The lowest BCUT2D eigenvalue weighted by atomic mass is 10.1. The Morgan fingerprint density at radius 2 is 1.78 bits per heavy atom. The highest BCUT2D eigenvalue weighted by atomic mass is 79.9. The first-order valence-electron chi connectivity index (χ1n) is 3.56. The summed E-state index contributed by atoms with van der Waals surface area (Å²) in [5.74, 6) is 0.907. The molecule has 0 amide bonds. The fourth-order valence-corrected chi connectivity index (χ4v) is 1.08. The summed E-state index contributed by atoms with van der Waals surface area (Å²) in [6.45, 7) is 4.58. The van der Waals surface area contributed by atoms with Gasteiger partial charge in [-0.25, -0.2) is 0 Å². The number of unbranched alkanes of at least 4 members (excludes halogenated alkanes) is 1. The molecule has 0 saturated heterocycles. The summed E-state index contributed by atoms with van der Waals surface area (Å²) in [6, 6.07) is 0. The second kappa shape index (κ2) is 9.25. The average molecular weight is 204 g/mol. The largest absolute Gasteiger partial charge is 0.222 e. The van der Waals surface area contributed by atoms with E-state index in [2.05, 4.69) is 35.6 Å². The van der Waals surface area contributed by atoms with Crippen LogP contribution in [0.15, 0.2) is 0 Å². The van der Waals surface area contributed by atoms with Crippen LogP contribution in [0.4, 0.5) is 0 Å². The molecule has 2 heteroatoms. The lowest BCUT2D eigenvalue weighted by molar-refractivity contribution is 0.550. The van der Waals surface area contributed by atoms with Gasteiger partial charge < -0.3 is 0 Å². The Kier molecular flexibility index (Phi) is 13.2. The van der Waals surface area contributed by atoms with E-state index < -0.39 is 0 Å². The van der Waals surface area contributed by atoms with Crippen LogP contribution < -0.4 is 0 Å². The van der Waals surface area contributed by atoms with Gasteiger partial charge in [0.25, 0.3) is 0 Å². The first-order chi connectivity index (χ1) is 3.77. The minimum Gasteiger partial charge on any atom is -0.177 e. The second-order valence-electron chi connectivity index (χ2n) is 2.74. The van der Waals surface area contributed by atoms with Gasteiger partial charge in [-0.2, -0.15) is 4.55 Å². The molecule has 9 heavy (non-hydrogen) atoms. The van der Waals surface area contributed by atoms with Crippen molar-refractivity contribution in [2.75, 3.05) is 0 Å². The predicted octanol–water partition coefficient (Wildman–Crippen LogP) is 2.98. The molecule has 53 valence electrons. The summed E-state index contributed by atoms with van der Waals surface area (Å²) in [6.07, 6.45) is 4.27. The van der Waals surface area contributed by atoms with Crippen LogP contribution in [0.1, 0.15) is 33.1 Å². The Bertz CT molecular complexity index is 46.2. The van der Waals surface area contributed by atoms with Gasteiger partial charge >= 0.3 is 0 Å². The monoisotopic (exact) mass is 203 g/mol. The molecular formula is C7H16BrMg. The van der Waals surface area contributed by atoms with Crippen molar-refractivity contribution in [1.29, 1.82) is 0 Å². The van der Waals surface area contributed by atoms with Crippen LogP contribution in [0.3, 0.4) is 0 Å². The first kappa shape index (κ1) is 12.9. The third-order valence-electron chi connectivity index (χ3n) is 1.28. The molecular weight excluding hydrogens is 188 g/mol. The average Bonchev–Trinajstić information content (AvgIpc) is 1.66. The minimum atomic E-state index is 0. The molecule has 0 heterocycles. The van der Waals surface area contributed by atoms with Crippen LogP contribution in [-0.2, 0) is 0 Å². The van der Waals surface area contributed by atoms with E-state index in [-0.39, 0.29) is 17.0 Å². The molecule has 0 rings (SSSR count). The standard InChI is InChI=1S/C7H15.BrH.Mg/c1-4-5-6-7(2)3;;/h7H,1,4-6H2,2-3H3;1H;.